The number of likely N-dealkylation sites (tertiary alicyclic amines) is 1. The Morgan fingerprint density at radius 2 is 2.15 bits per heavy atom. The minimum absolute atomic E-state index is 0.0276. The summed E-state index contributed by atoms with van der Waals surface area (Å²) in [6.45, 7) is -0.0371. The molecule has 0 saturated carbocycles. The minimum Gasteiger partial charge on any atom is -0.477 e. The monoisotopic (exact) mass is 585 g/mol. The fraction of sp³-hybridized carbons (Fsp3) is 0.476. The van der Waals surface area contributed by atoms with Crippen molar-refractivity contribution in [1.82, 2.24) is 19.6 Å². The lowest BCUT2D eigenvalue weighted by Gasteiger charge is -2.49. The van der Waals surface area contributed by atoms with Crippen molar-refractivity contribution in [1.29, 1.82) is 0 Å². The molecule has 1 aromatic rings. The molecule has 4 heterocycles. The maximum atomic E-state index is 13.0. The molecule has 3 aliphatic heterocycles. The molecule has 2 saturated heterocycles. The van der Waals surface area contributed by atoms with Crippen LogP contribution in [0.1, 0.15) is 12.2 Å². The Balaban J connectivity index is 1.49. The van der Waals surface area contributed by atoms with Crippen molar-refractivity contribution < 1.29 is 43.1 Å². The molecule has 15 nitrogen and oxygen atoms in total. The number of nitrogens with two attached hydrogens (primary N) is 2. The van der Waals surface area contributed by atoms with E-state index in [1.807, 2.05) is 0 Å². The molecule has 2 unspecified atom stereocenters. The van der Waals surface area contributed by atoms with Crippen LogP contribution >= 0.6 is 23.3 Å². The van der Waals surface area contributed by atoms with E-state index in [1.54, 1.807) is 12.2 Å². The van der Waals surface area contributed by atoms with Gasteiger partial charge in [-0.15, -0.1) is 11.8 Å². The summed E-state index contributed by atoms with van der Waals surface area (Å²) >= 11 is 2.01. The maximum absolute atomic E-state index is 13.0. The first kappa shape index (κ1) is 28.4. The van der Waals surface area contributed by atoms with E-state index >= 15 is 0 Å². The van der Waals surface area contributed by atoms with Gasteiger partial charge in [-0.25, -0.2) is 9.18 Å². The summed E-state index contributed by atoms with van der Waals surface area (Å²) in [4.78, 5) is 58.7. The predicted octanol–water partition coefficient (Wildman–Crippen LogP) is -1.87. The van der Waals surface area contributed by atoms with Gasteiger partial charge in [0.1, 0.15) is 29.8 Å². The Hall–Kier alpha value is -3.61. The number of thioether (sulfide) groups is 1. The highest BCUT2D eigenvalue weighted by atomic mass is 32.2. The number of allylic oxidation sites excluding steroid dienone is 1. The Kier molecular flexibility index (Phi) is 8.48. The number of halogens is 1. The third-order valence-corrected chi connectivity index (χ3v) is 8.24. The molecule has 0 aliphatic carbocycles. The SMILES string of the molecule is NC(=O)C[N+]1(C/C=C/C2=C(C(=O)O)N3C(=O)[C@@H](NC(=O)/C(=N\OCF)c4nsc(N)n4)[C@@H]3SC2)CCC(O)C1. The molecule has 0 radical (unpaired) electrons. The van der Waals surface area contributed by atoms with Gasteiger partial charge in [0, 0.05) is 23.7 Å². The number of aliphatic hydroxyl groups excluding tert-OH is 1. The van der Waals surface area contributed by atoms with Crippen LogP contribution in [0, 0.1) is 0 Å². The number of primary amides is 1. The molecule has 7 N–H and O–H groups in total. The molecule has 210 valence electrons. The van der Waals surface area contributed by atoms with Crippen molar-refractivity contribution in [2.24, 2.45) is 10.9 Å². The van der Waals surface area contributed by atoms with E-state index in [9.17, 15) is 33.8 Å². The highest BCUT2D eigenvalue weighted by Gasteiger charge is 2.54. The number of carbonyl (C=O) groups excluding carboxylic acids is 3. The fourth-order valence-corrected chi connectivity index (χ4v) is 6.51. The Labute approximate surface area is 229 Å². The average molecular weight is 586 g/mol. The highest BCUT2D eigenvalue weighted by molar-refractivity contribution is 8.00. The minimum atomic E-state index is -1.32. The number of fused-ring (bicyclic) bond motifs is 1. The van der Waals surface area contributed by atoms with Crippen LogP contribution in [-0.4, -0.2) is 115 Å². The number of oxime groups is 1. The van der Waals surface area contributed by atoms with Crippen molar-refractivity contribution in [3.63, 3.8) is 0 Å². The number of carboxylic acid groups (broad SMARTS) is 1. The second kappa shape index (κ2) is 11.6. The standard InChI is InChI=1S/C21H25FN8O7S2/c22-9-37-27-13(16-26-21(24)39-28-16)17(33)25-14-18(34)29-15(20(35)36)10(8-38-19(14)29)2-1-4-30(7-12(23)32)5-3-11(31)6-30/h1-2,11,14,19,31H,3-9H2,(H5-,23,24,25,26,28,32,33,35,36)/p+1/b2-1+,27-13-/t11?,14-,19+,30?/m1/s1. The first-order chi connectivity index (χ1) is 18.5. The van der Waals surface area contributed by atoms with Crippen molar-refractivity contribution in [2.45, 2.75) is 23.9 Å². The van der Waals surface area contributed by atoms with Gasteiger partial charge in [-0.3, -0.25) is 19.3 Å². The topological polar surface area (TPSA) is 223 Å². The van der Waals surface area contributed by atoms with Gasteiger partial charge < -0.3 is 36.3 Å². The van der Waals surface area contributed by atoms with Gasteiger partial charge in [-0.1, -0.05) is 11.2 Å². The molecule has 0 spiro atoms. The van der Waals surface area contributed by atoms with Gasteiger partial charge in [0.05, 0.1) is 13.1 Å². The summed E-state index contributed by atoms with van der Waals surface area (Å²) in [7, 11) is 0. The normalized spacial score (nSPS) is 26.9. The van der Waals surface area contributed by atoms with Gasteiger partial charge in [0.2, 0.25) is 11.5 Å². The largest absolute Gasteiger partial charge is 0.477 e. The summed E-state index contributed by atoms with van der Waals surface area (Å²) in [6.07, 6.45) is 3.27. The summed E-state index contributed by atoms with van der Waals surface area (Å²) in [5.74, 6) is -3.42. The average Bonchev–Trinajstić information content (AvgIpc) is 3.46. The number of aliphatic hydroxyl groups is 1. The van der Waals surface area contributed by atoms with E-state index in [-0.39, 0.29) is 33.4 Å². The molecule has 3 aliphatic rings. The van der Waals surface area contributed by atoms with Crippen molar-refractivity contribution >= 4 is 57.8 Å². The molecule has 18 heteroatoms. The number of anilines is 1. The molecular formula is C21H26FN8O7S2+. The Morgan fingerprint density at radius 1 is 1.38 bits per heavy atom. The van der Waals surface area contributed by atoms with Gasteiger partial charge in [-0.05, 0) is 11.6 Å². The van der Waals surface area contributed by atoms with Gasteiger partial charge in [-0.2, -0.15) is 9.36 Å². The van der Waals surface area contributed by atoms with E-state index < -0.39 is 53.8 Å². The van der Waals surface area contributed by atoms with Crippen LogP contribution in [0.15, 0.2) is 28.6 Å². The number of rotatable bonds is 11. The Morgan fingerprint density at radius 3 is 2.74 bits per heavy atom. The number of hydrogen-bond acceptors (Lipinski definition) is 12. The molecule has 1 aromatic heterocycles. The lowest BCUT2D eigenvalue weighted by Crippen LogP contribution is -2.71. The van der Waals surface area contributed by atoms with Crippen molar-refractivity contribution in [3.05, 3.63) is 29.2 Å². The quantitative estimate of drug-likeness (QED) is 0.0837. The summed E-state index contributed by atoms with van der Waals surface area (Å²) < 4.78 is 16.6. The lowest BCUT2D eigenvalue weighted by atomic mass is 10.0. The Bertz CT molecular complexity index is 1270. The molecular weight excluding hydrogens is 559 g/mol. The van der Waals surface area contributed by atoms with E-state index in [0.717, 1.165) is 16.4 Å². The highest BCUT2D eigenvalue weighted by Crippen LogP contribution is 2.40. The zero-order chi connectivity index (χ0) is 28.3. The number of aliphatic carboxylic acids is 1. The van der Waals surface area contributed by atoms with Crippen LogP contribution in [0.5, 0.6) is 0 Å². The van der Waals surface area contributed by atoms with Gasteiger partial charge >= 0.3 is 5.97 Å². The number of alkyl halides is 1. The number of quaternary nitrogens is 1. The molecule has 3 amide bonds. The molecule has 2 fully saturated rings. The molecule has 0 aromatic carbocycles. The second-order valence-corrected chi connectivity index (χ2v) is 11.0. The number of amides is 3. The zero-order valence-corrected chi connectivity index (χ0v) is 22.0. The van der Waals surface area contributed by atoms with Crippen LogP contribution in [0.3, 0.4) is 0 Å². The van der Waals surface area contributed by atoms with E-state index in [0.29, 0.717) is 31.6 Å². The summed E-state index contributed by atoms with van der Waals surface area (Å²) in [5, 5.41) is 25.0. The summed E-state index contributed by atoms with van der Waals surface area (Å²) in [6, 6.07) is -1.09. The number of carboxylic acids is 1. The number of carbonyl (C=O) groups is 4. The number of nitrogens with zero attached hydrogens (tertiary/aromatic N) is 5. The molecule has 0 bridgehead atoms. The van der Waals surface area contributed by atoms with Gasteiger partial charge in [0.25, 0.3) is 24.6 Å². The van der Waals surface area contributed by atoms with Crippen molar-refractivity contribution in [2.75, 3.05) is 44.5 Å². The molecule has 4 rings (SSSR count). The van der Waals surface area contributed by atoms with Crippen LogP contribution in [0.4, 0.5) is 9.52 Å². The lowest BCUT2D eigenvalue weighted by molar-refractivity contribution is -0.904. The number of hydrogen-bond donors (Lipinski definition) is 5. The predicted molar refractivity (Wildman–Crippen MR) is 136 cm³/mol. The van der Waals surface area contributed by atoms with Crippen LogP contribution < -0.4 is 16.8 Å². The third kappa shape index (κ3) is 6.02. The fourth-order valence-electron chi connectivity index (χ4n) is 4.76. The van der Waals surface area contributed by atoms with Crippen LogP contribution in [0.25, 0.3) is 0 Å². The summed E-state index contributed by atoms with van der Waals surface area (Å²) in [5.41, 5.74) is 10.6. The van der Waals surface area contributed by atoms with E-state index in [1.165, 1.54) is 11.8 Å². The van der Waals surface area contributed by atoms with Gasteiger partial charge in [0.15, 0.2) is 11.7 Å². The molecule has 4 atom stereocenters. The maximum Gasteiger partial charge on any atom is 0.352 e. The third-order valence-electron chi connectivity index (χ3n) is 6.40. The zero-order valence-electron chi connectivity index (χ0n) is 20.4. The second-order valence-electron chi connectivity index (χ2n) is 9.07. The first-order valence-electron chi connectivity index (χ1n) is 11.6. The molecule has 39 heavy (non-hydrogen) atoms. The number of nitrogens with one attached hydrogen (secondary N) is 1. The smallest absolute Gasteiger partial charge is 0.352 e. The van der Waals surface area contributed by atoms with Crippen LogP contribution in [-0.2, 0) is 24.0 Å². The van der Waals surface area contributed by atoms with E-state index in [4.69, 9.17) is 11.5 Å². The first-order valence-corrected chi connectivity index (χ1v) is 13.4. The number of β-lactam (4-membered cyclic amide) rings is 1. The van der Waals surface area contributed by atoms with Crippen molar-refractivity contribution in [3.8, 4) is 0 Å². The number of nitrogen functional groups attached to an aromatic ring is 1. The van der Waals surface area contributed by atoms with Crippen LogP contribution in [0.2, 0.25) is 0 Å². The number of aromatic nitrogens is 2. The van der Waals surface area contributed by atoms with E-state index in [2.05, 4.69) is 24.7 Å².